The Kier molecular flexibility index (Phi) is 6.19. The molecule has 0 spiro atoms. The highest BCUT2D eigenvalue weighted by molar-refractivity contribution is 9.10. The fourth-order valence-electron chi connectivity index (χ4n) is 5.70. The minimum atomic E-state index is -1.00. The average Bonchev–Trinajstić information content (AvgIpc) is 3.69. The van der Waals surface area contributed by atoms with E-state index in [0.717, 1.165) is 32.1 Å². The van der Waals surface area contributed by atoms with Gasteiger partial charge in [-0.05, 0) is 34.7 Å². The Morgan fingerprint density at radius 3 is 2.39 bits per heavy atom. The lowest BCUT2D eigenvalue weighted by molar-refractivity contribution is -0.135. The van der Waals surface area contributed by atoms with Gasteiger partial charge in [0, 0.05) is 16.3 Å². The maximum Gasteiger partial charge on any atom is 0.264 e. The van der Waals surface area contributed by atoms with Crippen LogP contribution in [0.15, 0.2) is 117 Å². The molecular formula is C31H23BrN6O3. The highest BCUT2D eigenvalue weighted by Crippen LogP contribution is 2.37. The molecule has 3 atom stereocenters. The van der Waals surface area contributed by atoms with E-state index in [2.05, 4.69) is 26.3 Å². The van der Waals surface area contributed by atoms with Gasteiger partial charge < -0.3 is 0 Å². The fraction of sp³-hybridized carbons (Fsp3) is 0.161. The molecule has 3 aliphatic heterocycles. The first kappa shape index (κ1) is 25.3. The van der Waals surface area contributed by atoms with Crippen LogP contribution in [0.1, 0.15) is 23.6 Å². The summed E-state index contributed by atoms with van der Waals surface area (Å²) in [5.74, 6) is -1.24. The lowest BCUT2D eigenvalue weighted by Gasteiger charge is -2.25. The van der Waals surface area contributed by atoms with Gasteiger partial charge in [-0.1, -0.05) is 100 Å². The maximum atomic E-state index is 13.8. The van der Waals surface area contributed by atoms with Crippen molar-refractivity contribution in [2.75, 3.05) is 11.4 Å². The Hall–Kier alpha value is -4.70. The van der Waals surface area contributed by atoms with Crippen LogP contribution in [0, 0.1) is 0 Å². The van der Waals surface area contributed by atoms with E-state index in [1.807, 2.05) is 91.0 Å². The Bertz CT molecular complexity index is 1750. The number of imide groups is 1. The number of fused-ring (bicyclic) bond motifs is 2. The molecule has 0 saturated carbocycles. The van der Waals surface area contributed by atoms with Crippen LogP contribution in [-0.2, 0) is 14.4 Å². The summed E-state index contributed by atoms with van der Waals surface area (Å²) in [6.07, 6.45) is 0.539. The van der Waals surface area contributed by atoms with Crippen molar-refractivity contribution in [2.24, 2.45) is 15.4 Å². The number of nitrogens with zero attached hydrogens (tertiary/aromatic N) is 6. The molecule has 202 valence electrons. The second kappa shape index (κ2) is 10.0. The predicted octanol–water partition coefficient (Wildman–Crippen LogP) is 5.27. The van der Waals surface area contributed by atoms with Crippen LogP contribution in [0.4, 0.5) is 5.69 Å². The largest absolute Gasteiger partial charge is 0.271 e. The van der Waals surface area contributed by atoms with E-state index in [1.54, 1.807) is 6.07 Å². The van der Waals surface area contributed by atoms with Crippen molar-refractivity contribution in [1.29, 1.82) is 0 Å². The highest BCUT2D eigenvalue weighted by Gasteiger charge is 2.55. The van der Waals surface area contributed by atoms with Gasteiger partial charge in [-0.25, -0.2) is 9.91 Å². The minimum absolute atomic E-state index is 0.243. The van der Waals surface area contributed by atoms with E-state index in [-0.39, 0.29) is 18.5 Å². The van der Waals surface area contributed by atoms with Gasteiger partial charge in [-0.3, -0.25) is 19.4 Å². The predicted molar refractivity (Wildman–Crippen MR) is 157 cm³/mol. The Labute approximate surface area is 243 Å². The summed E-state index contributed by atoms with van der Waals surface area (Å²) in [5.41, 5.74) is 3.16. The number of carbonyl (C=O) groups is 3. The zero-order valence-electron chi connectivity index (χ0n) is 21.7. The third-order valence-corrected chi connectivity index (χ3v) is 8.22. The van der Waals surface area contributed by atoms with Crippen molar-refractivity contribution in [3.63, 3.8) is 0 Å². The smallest absolute Gasteiger partial charge is 0.264 e. The fourth-order valence-corrected chi connectivity index (χ4v) is 5.96. The van der Waals surface area contributed by atoms with Gasteiger partial charge in [0.15, 0.2) is 12.1 Å². The minimum Gasteiger partial charge on any atom is -0.271 e. The molecule has 0 bridgehead atoms. The van der Waals surface area contributed by atoms with Crippen LogP contribution < -0.4 is 4.90 Å². The Balaban J connectivity index is 1.16. The van der Waals surface area contributed by atoms with Crippen LogP contribution in [0.3, 0.4) is 0 Å². The molecule has 7 rings (SSSR count). The number of hydrogen-bond donors (Lipinski definition) is 0. The molecule has 0 radical (unpaired) electrons. The zero-order valence-corrected chi connectivity index (χ0v) is 23.3. The van der Waals surface area contributed by atoms with Gasteiger partial charge in [0.25, 0.3) is 17.7 Å². The van der Waals surface area contributed by atoms with E-state index in [0.29, 0.717) is 12.1 Å². The summed E-state index contributed by atoms with van der Waals surface area (Å²) >= 11 is 3.46. The van der Waals surface area contributed by atoms with Gasteiger partial charge in [-0.15, -0.1) is 0 Å². The van der Waals surface area contributed by atoms with Crippen molar-refractivity contribution in [2.45, 2.75) is 24.5 Å². The molecule has 3 aliphatic rings. The number of hydrazone groups is 1. The Morgan fingerprint density at radius 1 is 0.854 bits per heavy atom. The molecule has 4 aromatic carbocycles. The number of halogens is 1. The summed E-state index contributed by atoms with van der Waals surface area (Å²) < 4.78 is 0.953. The molecule has 0 aliphatic carbocycles. The van der Waals surface area contributed by atoms with Crippen LogP contribution >= 0.6 is 15.9 Å². The molecule has 3 heterocycles. The monoisotopic (exact) mass is 606 g/mol. The van der Waals surface area contributed by atoms with Gasteiger partial charge in [-0.2, -0.15) is 10.2 Å². The Morgan fingerprint density at radius 2 is 1.59 bits per heavy atom. The molecule has 1 saturated heterocycles. The van der Waals surface area contributed by atoms with E-state index >= 15 is 0 Å². The summed E-state index contributed by atoms with van der Waals surface area (Å²) in [7, 11) is 0. The van der Waals surface area contributed by atoms with Gasteiger partial charge in [0.05, 0.1) is 17.4 Å². The lowest BCUT2D eigenvalue weighted by Crippen LogP contribution is -2.44. The molecule has 41 heavy (non-hydrogen) atoms. The van der Waals surface area contributed by atoms with Crippen LogP contribution in [0.2, 0.25) is 0 Å². The summed E-state index contributed by atoms with van der Waals surface area (Å²) in [4.78, 5) is 42.0. The first-order valence-corrected chi connectivity index (χ1v) is 14.0. The van der Waals surface area contributed by atoms with E-state index in [1.165, 1.54) is 14.9 Å². The van der Waals surface area contributed by atoms with Crippen LogP contribution in [0.5, 0.6) is 0 Å². The van der Waals surface area contributed by atoms with Crippen molar-refractivity contribution >= 4 is 55.8 Å². The molecule has 0 unspecified atom stereocenters. The summed E-state index contributed by atoms with van der Waals surface area (Å²) in [6.45, 7) is -0.243. The molecule has 9 nitrogen and oxygen atoms in total. The van der Waals surface area contributed by atoms with Crippen molar-refractivity contribution in [1.82, 2.24) is 10.0 Å². The van der Waals surface area contributed by atoms with E-state index < -0.39 is 23.9 Å². The third kappa shape index (κ3) is 4.31. The number of hydrogen-bond acceptors (Lipinski definition) is 7. The lowest BCUT2D eigenvalue weighted by atomic mass is 9.98. The van der Waals surface area contributed by atoms with E-state index in [4.69, 9.17) is 5.10 Å². The van der Waals surface area contributed by atoms with Crippen molar-refractivity contribution in [3.05, 3.63) is 113 Å². The number of rotatable bonds is 5. The standard InChI is InChI=1S/C31H23BrN6O3/c32-22-15-13-20(14-16-22)24-17-26(21-8-2-1-3-9-21)38(34-24)27(39)18-36-29-28(33-35-36)30(40)37(31(29)41)25-12-6-10-19-7-4-5-11-23(19)25/h1-16,26,28-29H,17-18H2/t26-,28+,29-/m0/s1. The summed E-state index contributed by atoms with van der Waals surface area (Å²) in [6, 6.07) is 28.3. The normalized spacial score (nSPS) is 21.6. The topological polar surface area (TPSA) is 98.0 Å². The number of benzene rings is 4. The number of amides is 3. The highest BCUT2D eigenvalue weighted by atomic mass is 79.9. The molecule has 0 aromatic heterocycles. The third-order valence-electron chi connectivity index (χ3n) is 7.69. The maximum absolute atomic E-state index is 13.8. The average molecular weight is 607 g/mol. The van der Waals surface area contributed by atoms with E-state index in [9.17, 15) is 14.4 Å². The van der Waals surface area contributed by atoms with Gasteiger partial charge >= 0.3 is 0 Å². The zero-order chi connectivity index (χ0) is 28.1. The second-order valence-electron chi connectivity index (χ2n) is 10.1. The quantitative estimate of drug-likeness (QED) is 0.289. The molecule has 10 heteroatoms. The molecule has 4 aromatic rings. The van der Waals surface area contributed by atoms with Crippen LogP contribution in [-0.4, -0.2) is 52.1 Å². The SMILES string of the molecule is O=C1[C@@H]2[C@@H](N=NN2CC(=O)N2N=C(c3ccc(Br)cc3)C[C@H]2c2ccccc2)C(=O)N1c1cccc2ccccc12. The second-order valence-corrected chi connectivity index (χ2v) is 11.0. The summed E-state index contributed by atoms with van der Waals surface area (Å²) in [5, 5.41) is 17.4. The van der Waals surface area contributed by atoms with Crippen molar-refractivity contribution in [3.8, 4) is 0 Å². The molecule has 0 N–H and O–H groups in total. The van der Waals surface area contributed by atoms with Crippen molar-refractivity contribution < 1.29 is 14.4 Å². The molecular weight excluding hydrogens is 584 g/mol. The van der Waals surface area contributed by atoms with Gasteiger partial charge in [0.1, 0.15) is 6.54 Å². The number of carbonyl (C=O) groups excluding carboxylic acids is 3. The first-order chi connectivity index (χ1) is 20.0. The molecule has 3 amide bonds. The van der Waals surface area contributed by atoms with Gasteiger partial charge in [0.2, 0.25) is 0 Å². The van der Waals surface area contributed by atoms with Crippen LogP contribution in [0.25, 0.3) is 10.8 Å². The number of anilines is 1. The first-order valence-electron chi connectivity index (χ1n) is 13.2. The molecule has 1 fully saturated rings.